The number of amides is 1. The highest BCUT2D eigenvalue weighted by atomic mass is 16.5. The molecule has 0 radical (unpaired) electrons. The number of pyridine rings is 1. The second kappa shape index (κ2) is 7.41. The smallest absolute Gasteiger partial charge is 0.228 e. The SMILES string of the molecule is Cc1cccnc1-c1cccc2c1OC(CNC(=O)C1CC(=O)c3ccccc31)C2. The first kappa shape index (κ1) is 18.6. The molecule has 1 aliphatic heterocycles. The number of ether oxygens (including phenoxy) is 1. The Balaban J connectivity index is 1.29. The number of Topliss-reactive ketones (excluding diaryl/α,β-unsaturated/α-hetero) is 1. The fourth-order valence-electron chi connectivity index (χ4n) is 4.44. The third kappa shape index (κ3) is 3.16. The van der Waals surface area contributed by atoms with Crippen LogP contribution < -0.4 is 10.1 Å². The zero-order valence-electron chi connectivity index (χ0n) is 16.7. The minimum absolute atomic E-state index is 0.0330. The molecule has 0 bridgehead atoms. The van der Waals surface area contributed by atoms with Crippen molar-refractivity contribution < 1.29 is 14.3 Å². The highest BCUT2D eigenvalue weighted by Crippen LogP contribution is 2.39. The molecule has 0 saturated carbocycles. The van der Waals surface area contributed by atoms with Crippen LogP contribution in [0.5, 0.6) is 5.75 Å². The number of ketones is 1. The molecule has 5 rings (SSSR count). The van der Waals surface area contributed by atoms with Crippen molar-refractivity contribution in [2.45, 2.75) is 31.8 Å². The first-order valence-corrected chi connectivity index (χ1v) is 10.2. The average Bonchev–Trinajstić information content (AvgIpc) is 3.34. The number of carbonyl (C=O) groups excluding carboxylic acids is 2. The van der Waals surface area contributed by atoms with E-state index in [1.54, 1.807) is 12.3 Å². The van der Waals surface area contributed by atoms with Crippen molar-refractivity contribution >= 4 is 11.7 Å². The van der Waals surface area contributed by atoms with Crippen molar-refractivity contribution in [2.75, 3.05) is 6.54 Å². The van der Waals surface area contributed by atoms with Crippen LogP contribution >= 0.6 is 0 Å². The van der Waals surface area contributed by atoms with Crippen LogP contribution in [0.4, 0.5) is 0 Å². The van der Waals surface area contributed by atoms with Crippen LogP contribution in [0.25, 0.3) is 11.3 Å². The fraction of sp³-hybridized carbons (Fsp3) is 0.240. The molecule has 2 unspecified atom stereocenters. The Morgan fingerprint density at radius 2 is 1.90 bits per heavy atom. The maximum Gasteiger partial charge on any atom is 0.228 e. The Kier molecular flexibility index (Phi) is 4.58. The molecule has 2 atom stereocenters. The Morgan fingerprint density at radius 3 is 2.77 bits per heavy atom. The van der Waals surface area contributed by atoms with Gasteiger partial charge < -0.3 is 10.1 Å². The van der Waals surface area contributed by atoms with Gasteiger partial charge >= 0.3 is 0 Å². The average molecular weight is 398 g/mol. The van der Waals surface area contributed by atoms with Crippen LogP contribution in [-0.4, -0.2) is 29.3 Å². The summed E-state index contributed by atoms with van der Waals surface area (Å²) in [5, 5.41) is 3.00. The highest BCUT2D eigenvalue weighted by Gasteiger charge is 2.34. The number of aromatic nitrogens is 1. The standard InChI is InChI=1S/C25H22N2O3/c1-15-6-5-11-26-23(15)20-10-4-7-16-12-17(30-24(16)20)14-27-25(29)21-13-22(28)19-9-3-2-8-18(19)21/h2-11,17,21H,12-14H2,1H3,(H,27,29). The molecule has 5 heteroatoms. The first-order valence-electron chi connectivity index (χ1n) is 10.2. The lowest BCUT2D eigenvalue weighted by atomic mass is 10.00. The van der Waals surface area contributed by atoms with Crippen LogP contribution in [0.2, 0.25) is 0 Å². The third-order valence-corrected chi connectivity index (χ3v) is 5.94. The topological polar surface area (TPSA) is 68.3 Å². The van der Waals surface area contributed by atoms with Crippen molar-refractivity contribution in [3.05, 3.63) is 83.0 Å². The molecule has 1 aliphatic carbocycles. The molecule has 2 aliphatic rings. The Bertz CT molecular complexity index is 1150. The van der Waals surface area contributed by atoms with Gasteiger partial charge in [0.15, 0.2) is 5.78 Å². The lowest BCUT2D eigenvalue weighted by Gasteiger charge is -2.16. The second-order valence-corrected chi connectivity index (χ2v) is 7.92. The summed E-state index contributed by atoms with van der Waals surface area (Å²) in [6.45, 7) is 2.44. The van der Waals surface area contributed by atoms with Gasteiger partial charge in [-0.25, -0.2) is 0 Å². The van der Waals surface area contributed by atoms with Crippen LogP contribution in [0.15, 0.2) is 60.8 Å². The van der Waals surface area contributed by atoms with E-state index < -0.39 is 5.92 Å². The minimum atomic E-state index is -0.413. The van der Waals surface area contributed by atoms with Gasteiger partial charge in [0, 0.05) is 30.2 Å². The molecule has 2 heterocycles. The summed E-state index contributed by atoms with van der Waals surface area (Å²) in [4.78, 5) is 29.5. The molecule has 150 valence electrons. The van der Waals surface area contributed by atoms with Crippen molar-refractivity contribution in [2.24, 2.45) is 0 Å². The highest BCUT2D eigenvalue weighted by molar-refractivity contribution is 6.06. The number of benzene rings is 2. The summed E-state index contributed by atoms with van der Waals surface area (Å²) in [5.74, 6) is 0.350. The number of hydrogen-bond donors (Lipinski definition) is 1. The zero-order chi connectivity index (χ0) is 20.7. The molecule has 30 heavy (non-hydrogen) atoms. The van der Waals surface area contributed by atoms with Gasteiger partial charge in [-0.3, -0.25) is 14.6 Å². The second-order valence-electron chi connectivity index (χ2n) is 7.92. The van der Waals surface area contributed by atoms with Gasteiger partial charge in [-0.2, -0.15) is 0 Å². The number of rotatable bonds is 4. The molecule has 2 aromatic carbocycles. The van der Waals surface area contributed by atoms with Gasteiger partial charge in [0.1, 0.15) is 11.9 Å². The van der Waals surface area contributed by atoms with E-state index in [1.165, 1.54) is 0 Å². The van der Waals surface area contributed by atoms with Gasteiger partial charge in [0.05, 0.1) is 18.2 Å². The zero-order valence-corrected chi connectivity index (χ0v) is 16.7. The van der Waals surface area contributed by atoms with Crippen LogP contribution in [0.3, 0.4) is 0 Å². The monoisotopic (exact) mass is 398 g/mol. The molecular formula is C25H22N2O3. The van der Waals surface area contributed by atoms with Gasteiger partial charge in [-0.05, 0) is 35.7 Å². The van der Waals surface area contributed by atoms with Gasteiger partial charge in [0.25, 0.3) is 0 Å². The van der Waals surface area contributed by atoms with Gasteiger partial charge in [-0.15, -0.1) is 0 Å². The number of nitrogens with zero attached hydrogens (tertiary/aromatic N) is 1. The molecule has 0 saturated heterocycles. The fourth-order valence-corrected chi connectivity index (χ4v) is 4.44. The number of fused-ring (bicyclic) bond motifs is 2. The summed E-state index contributed by atoms with van der Waals surface area (Å²) in [5.41, 5.74) is 5.60. The van der Waals surface area contributed by atoms with E-state index in [9.17, 15) is 9.59 Å². The normalized spacial score (nSPS) is 19.2. The predicted octanol–water partition coefficient (Wildman–Crippen LogP) is 3.85. The van der Waals surface area contributed by atoms with E-state index in [2.05, 4.69) is 16.4 Å². The quantitative estimate of drug-likeness (QED) is 0.725. The van der Waals surface area contributed by atoms with Crippen LogP contribution in [-0.2, 0) is 11.2 Å². The Hall–Kier alpha value is -3.47. The van der Waals surface area contributed by atoms with Crippen molar-refractivity contribution in [3.8, 4) is 17.0 Å². The summed E-state index contributed by atoms with van der Waals surface area (Å²) in [6, 6.07) is 17.4. The van der Waals surface area contributed by atoms with E-state index in [1.807, 2.05) is 49.4 Å². The summed E-state index contributed by atoms with van der Waals surface area (Å²) < 4.78 is 6.23. The number of carbonyl (C=O) groups is 2. The summed E-state index contributed by atoms with van der Waals surface area (Å²) >= 11 is 0. The predicted molar refractivity (Wildman–Crippen MR) is 114 cm³/mol. The van der Waals surface area contributed by atoms with E-state index in [0.29, 0.717) is 12.1 Å². The maximum absolute atomic E-state index is 12.8. The lowest BCUT2D eigenvalue weighted by Crippen LogP contribution is -2.37. The van der Waals surface area contributed by atoms with E-state index in [4.69, 9.17) is 4.74 Å². The van der Waals surface area contributed by atoms with Crippen molar-refractivity contribution in [1.82, 2.24) is 10.3 Å². The lowest BCUT2D eigenvalue weighted by molar-refractivity contribution is -0.122. The van der Waals surface area contributed by atoms with Crippen molar-refractivity contribution in [1.29, 1.82) is 0 Å². The molecular weight excluding hydrogens is 376 g/mol. The number of para-hydroxylation sites is 1. The van der Waals surface area contributed by atoms with Gasteiger partial charge in [-0.1, -0.05) is 42.5 Å². The number of nitrogens with one attached hydrogen (secondary N) is 1. The molecule has 5 nitrogen and oxygen atoms in total. The first-order chi connectivity index (χ1) is 14.6. The molecule has 3 aromatic rings. The maximum atomic E-state index is 12.8. The van der Waals surface area contributed by atoms with Crippen molar-refractivity contribution in [3.63, 3.8) is 0 Å². The van der Waals surface area contributed by atoms with E-state index in [0.717, 1.165) is 40.1 Å². The third-order valence-electron chi connectivity index (χ3n) is 5.94. The Labute approximate surface area is 175 Å². The van der Waals surface area contributed by atoms with Crippen LogP contribution in [0.1, 0.15) is 39.4 Å². The minimum Gasteiger partial charge on any atom is -0.487 e. The molecule has 0 fully saturated rings. The molecule has 1 aromatic heterocycles. The van der Waals surface area contributed by atoms with Gasteiger partial charge in [0.2, 0.25) is 5.91 Å². The van der Waals surface area contributed by atoms with E-state index in [-0.39, 0.29) is 24.2 Å². The molecule has 0 spiro atoms. The number of hydrogen-bond acceptors (Lipinski definition) is 4. The largest absolute Gasteiger partial charge is 0.487 e. The number of aryl methyl sites for hydroxylation is 1. The summed E-state index contributed by atoms with van der Waals surface area (Å²) in [7, 11) is 0. The molecule has 1 N–H and O–H groups in total. The van der Waals surface area contributed by atoms with E-state index >= 15 is 0 Å². The molecule has 1 amide bonds. The van der Waals surface area contributed by atoms with Crippen LogP contribution in [0, 0.1) is 6.92 Å². The summed E-state index contributed by atoms with van der Waals surface area (Å²) in [6.07, 6.45) is 2.62. The Morgan fingerprint density at radius 1 is 1.07 bits per heavy atom.